The van der Waals surface area contributed by atoms with Crippen LogP contribution >= 0.6 is 27.3 Å². The van der Waals surface area contributed by atoms with Crippen molar-refractivity contribution in [1.29, 1.82) is 0 Å². The summed E-state index contributed by atoms with van der Waals surface area (Å²) in [4.78, 5) is 14.8. The van der Waals surface area contributed by atoms with Gasteiger partial charge in [-0.2, -0.15) is 0 Å². The summed E-state index contributed by atoms with van der Waals surface area (Å²) in [5.74, 6) is 0.0891. The Morgan fingerprint density at radius 3 is 2.74 bits per heavy atom. The number of anilines is 1. The third-order valence-corrected chi connectivity index (χ3v) is 5.35. The molecule has 0 aliphatic heterocycles. The molecule has 0 amide bonds. The first-order valence-electron chi connectivity index (χ1n) is 6.36. The van der Waals surface area contributed by atoms with Gasteiger partial charge in [-0.1, -0.05) is 0 Å². The summed E-state index contributed by atoms with van der Waals surface area (Å²) in [7, 11) is 0. The molecule has 1 aromatic carbocycles. The topological polar surface area (TPSA) is 43.1 Å². The molecule has 3 rings (SSSR count). The first-order chi connectivity index (χ1) is 9.15. The highest BCUT2D eigenvalue weighted by atomic mass is 79.9. The predicted molar refractivity (Wildman–Crippen MR) is 82.9 cm³/mol. The number of nitrogen functional groups attached to an aromatic ring is 1. The Hall–Kier alpha value is -1.13. The van der Waals surface area contributed by atoms with Gasteiger partial charge in [0.25, 0.3) is 0 Å². The Morgan fingerprint density at radius 1 is 1.21 bits per heavy atom. The van der Waals surface area contributed by atoms with Crippen molar-refractivity contribution < 1.29 is 4.79 Å². The number of hydrogen-bond donors (Lipinski definition) is 1. The molecule has 1 heterocycles. The standard InChI is InChI=1S/C15H14BrNOS/c16-12-8-10(17)5-6-11(12)15(18)14-7-9-3-1-2-4-13(9)19-14/h5-8H,1-4,17H2. The monoisotopic (exact) mass is 335 g/mol. The third kappa shape index (κ3) is 2.47. The van der Waals surface area contributed by atoms with Crippen molar-refractivity contribution in [3.05, 3.63) is 49.6 Å². The Kier molecular flexibility index (Phi) is 3.46. The van der Waals surface area contributed by atoms with E-state index in [1.807, 2.05) is 0 Å². The van der Waals surface area contributed by atoms with Crippen LogP contribution in [-0.2, 0) is 12.8 Å². The Balaban J connectivity index is 1.97. The highest BCUT2D eigenvalue weighted by Gasteiger charge is 2.19. The van der Waals surface area contributed by atoms with Crippen LogP contribution < -0.4 is 5.73 Å². The van der Waals surface area contributed by atoms with Gasteiger partial charge in [0.2, 0.25) is 5.78 Å². The maximum atomic E-state index is 12.5. The average Bonchev–Trinajstić information content (AvgIpc) is 2.81. The fraction of sp³-hybridized carbons (Fsp3) is 0.267. The number of carbonyl (C=O) groups excluding carboxylic acids is 1. The Morgan fingerprint density at radius 2 is 2.00 bits per heavy atom. The molecule has 0 radical (unpaired) electrons. The van der Waals surface area contributed by atoms with E-state index in [4.69, 9.17) is 5.73 Å². The zero-order chi connectivity index (χ0) is 13.4. The van der Waals surface area contributed by atoms with Crippen LogP contribution in [0.25, 0.3) is 0 Å². The van der Waals surface area contributed by atoms with Crippen LogP contribution in [-0.4, -0.2) is 5.78 Å². The second-order valence-electron chi connectivity index (χ2n) is 4.83. The van der Waals surface area contributed by atoms with Crippen LogP contribution in [0.3, 0.4) is 0 Å². The van der Waals surface area contributed by atoms with Crippen LogP contribution in [0.15, 0.2) is 28.7 Å². The smallest absolute Gasteiger partial charge is 0.204 e. The van der Waals surface area contributed by atoms with Gasteiger partial charge in [0, 0.05) is 20.6 Å². The predicted octanol–water partition coefficient (Wildman–Crippen LogP) is 4.20. The summed E-state index contributed by atoms with van der Waals surface area (Å²) < 4.78 is 0.767. The lowest BCUT2D eigenvalue weighted by Crippen LogP contribution is -2.00. The molecule has 1 aliphatic carbocycles. The van der Waals surface area contributed by atoms with Crippen molar-refractivity contribution in [3.63, 3.8) is 0 Å². The van der Waals surface area contributed by atoms with Gasteiger partial charge in [-0.25, -0.2) is 0 Å². The summed E-state index contributed by atoms with van der Waals surface area (Å²) >= 11 is 5.07. The molecule has 0 saturated heterocycles. The summed E-state index contributed by atoms with van der Waals surface area (Å²) in [5.41, 5.74) is 8.42. The van der Waals surface area contributed by atoms with Crippen molar-refractivity contribution in [1.82, 2.24) is 0 Å². The lowest BCUT2D eigenvalue weighted by molar-refractivity contribution is 0.104. The molecule has 0 atom stereocenters. The number of benzene rings is 1. The molecule has 0 saturated carbocycles. The zero-order valence-electron chi connectivity index (χ0n) is 10.4. The lowest BCUT2D eigenvalue weighted by Gasteiger charge is -2.08. The minimum Gasteiger partial charge on any atom is -0.399 e. The van der Waals surface area contributed by atoms with Gasteiger partial charge >= 0.3 is 0 Å². The molecule has 2 aromatic rings. The molecular weight excluding hydrogens is 322 g/mol. The first kappa shape index (κ1) is 12.9. The Labute approximate surface area is 124 Å². The molecule has 1 aliphatic rings. The van der Waals surface area contributed by atoms with E-state index in [1.54, 1.807) is 29.5 Å². The van der Waals surface area contributed by atoms with Crippen LogP contribution in [0.4, 0.5) is 5.69 Å². The minimum atomic E-state index is 0.0891. The van der Waals surface area contributed by atoms with Crippen LogP contribution in [0.2, 0.25) is 0 Å². The molecule has 19 heavy (non-hydrogen) atoms. The molecular formula is C15H14BrNOS. The van der Waals surface area contributed by atoms with Gasteiger partial charge in [-0.05, 0) is 71.4 Å². The van der Waals surface area contributed by atoms with Gasteiger partial charge in [0.05, 0.1) is 4.88 Å². The number of thiophene rings is 1. The number of fused-ring (bicyclic) bond motifs is 1. The second kappa shape index (κ2) is 5.10. The highest BCUT2D eigenvalue weighted by Crippen LogP contribution is 2.32. The molecule has 0 spiro atoms. The molecule has 0 fully saturated rings. The van der Waals surface area contributed by atoms with Crippen molar-refractivity contribution in [2.24, 2.45) is 0 Å². The fourth-order valence-corrected chi connectivity index (χ4v) is 4.24. The highest BCUT2D eigenvalue weighted by molar-refractivity contribution is 9.10. The third-order valence-electron chi connectivity index (χ3n) is 3.46. The summed E-state index contributed by atoms with van der Waals surface area (Å²) in [6, 6.07) is 7.41. The van der Waals surface area contributed by atoms with E-state index in [1.165, 1.54) is 23.3 Å². The van der Waals surface area contributed by atoms with E-state index in [-0.39, 0.29) is 5.78 Å². The van der Waals surface area contributed by atoms with E-state index in [0.717, 1.165) is 22.2 Å². The molecule has 2 nitrogen and oxygen atoms in total. The van der Waals surface area contributed by atoms with E-state index in [2.05, 4.69) is 22.0 Å². The van der Waals surface area contributed by atoms with Gasteiger partial charge in [-0.3, -0.25) is 4.79 Å². The van der Waals surface area contributed by atoms with Gasteiger partial charge in [0.15, 0.2) is 0 Å². The number of carbonyl (C=O) groups is 1. The SMILES string of the molecule is Nc1ccc(C(=O)c2cc3c(s2)CCCC3)c(Br)c1. The van der Waals surface area contributed by atoms with Crippen molar-refractivity contribution in [2.75, 3.05) is 5.73 Å². The maximum absolute atomic E-state index is 12.5. The zero-order valence-corrected chi connectivity index (χ0v) is 12.8. The number of rotatable bonds is 2. The molecule has 0 bridgehead atoms. The summed E-state index contributed by atoms with van der Waals surface area (Å²) in [5, 5.41) is 0. The van der Waals surface area contributed by atoms with Gasteiger partial charge < -0.3 is 5.73 Å². The molecule has 98 valence electrons. The number of nitrogens with two attached hydrogens (primary N) is 1. The maximum Gasteiger partial charge on any atom is 0.204 e. The van der Waals surface area contributed by atoms with E-state index >= 15 is 0 Å². The van der Waals surface area contributed by atoms with E-state index in [9.17, 15) is 4.79 Å². The van der Waals surface area contributed by atoms with Crippen LogP contribution in [0.1, 0.15) is 38.5 Å². The van der Waals surface area contributed by atoms with Crippen molar-refractivity contribution >= 4 is 38.7 Å². The number of halogens is 1. The summed E-state index contributed by atoms with van der Waals surface area (Å²) in [6.45, 7) is 0. The van der Waals surface area contributed by atoms with Crippen molar-refractivity contribution in [2.45, 2.75) is 25.7 Å². The second-order valence-corrected chi connectivity index (χ2v) is 6.83. The van der Waals surface area contributed by atoms with Gasteiger partial charge in [0.1, 0.15) is 0 Å². The molecule has 2 N–H and O–H groups in total. The largest absolute Gasteiger partial charge is 0.399 e. The Bertz CT molecular complexity index is 624. The first-order valence-corrected chi connectivity index (χ1v) is 7.97. The molecule has 0 unspecified atom stereocenters. The van der Waals surface area contributed by atoms with Crippen LogP contribution in [0.5, 0.6) is 0 Å². The number of aryl methyl sites for hydroxylation is 2. The number of hydrogen-bond acceptors (Lipinski definition) is 3. The van der Waals surface area contributed by atoms with E-state index in [0.29, 0.717) is 11.3 Å². The lowest BCUT2D eigenvalue weighted by atomic mass is 9.98. The van der Waals surface area contributed by atoms with Crippen LogP contribution in [0, 0.1) is 0 Å². The minimum absolute atomic E-state index is 0.0891. The fourth-order valence-electron chi connectivity index (χ4n) is 2.45. The van der Waals surface area contributed by atoms with E-state index < -0.39 is 0 Å². The number of ketones is 1. The quantitative estimate of drug-likeness (QED) is 0.660. The average molecular weight is 336 g/mol. The van der Waals surface area contributed by atoms with Crippen molar-refractivity contribution in [3.8, 4) is 0 Å². The molecule has 4 heteroatoms. The summed E-state index contributed by atoms with van der Waals surface area (Å²) in [6.07, 6.45) is 4.72. The normalized spacial score (nSPS) is 14.2. The van der Waals surface area contributed by atoms with Gasteiger partial charge in [-0.15, -0.1) is 11.3 Å². The molecule has 1 aromatic heterocycles.